The zero-order chi connectivity index (χ0) is 13.0. The van der Waals surface area contributed by atoms with Crippen molar-refractivity contribution in [2.75, 3.05) is 13.1 Å². The van der Waals surface area contributed by atoms with Gasteiger partial charge in [0.15, 0.2) is 5.15 Å². The molecule has 0 bridgehead atoms. The van der Waals surface area contributed by atoms with Gasteiger partial charge in [-0.05, 0) is 31.7 Å². The van der Waals surface area contributed by atoms with Gasteiger partial charge in [0, 0.05) is 19.2 Å². The summed E-state index contributed by atoms with van der Waals surface area (Å²) in [7, 11) is 0. The van der Waals surface area contributed by atoms with E-state index in [1.807, 2.05) is 0 Å². The van der Waals surface area contributed by atoms with E-state index in [2.05, 4.69) is 10.2 Å². The Morgan fingerprint density at radius 2 is 2.06 bits per heavy atom. The van der Waals surface area contributed by atoms with E-state index in [1.54, 1.807) is 17.9 Å². The predicted molar refractivity (Wildman–Crippen MR) is 64.3 cm³/mol. The first-order valence-electron chi connectivity index (χ1n) is 5.80. The van der Waals surface area contributed by atoms with Crippen LogP contribution in [0.3, 0.4) is 0 Å². The number of likely N-dealkylation sites (tertiary alicyclic amines) is 1. The topological polar surface area (TPSA) is 64.6 Å². The summed E-state index contributed by atoms with van der Waals surface area (Å²) in [5, 5.41) is 7.61. The summed E-state index contributed by atoms with van der Waals surface area (Å²) >= 11 is 5.72. The van der Waals surface area contributed by atoms with Gasteiger partial charge in [0.1, 0.15) is 0 Å². The Bertz CT molecular complexity index is 436. The smallest absolute Gasteiger partial charge is 0.305 e. The zero-order valence-corrected chi connectivity index (χ0v) is 10.8. The first-order chi connectivity index (χ1) is 8.66. The molecule has 6 nitrogen and oxygen atoms in total. The highest BCUT2D eigenvalue weighted by atomic mass is 35.5. The third-order valence-electron chi connectivity index (χ3n) is 2.71. The number of aromatic nitrogens is 2. The molecule has 7 heteroatoms. The van der Waals surface area contributed by atoms with Gasteiger partial charge >= 0.3 is 6.09 Å². The predicted octanol–water partition coefficient (Wildman–Crippen LogP) is 2.35. The standard InChI is InChI=1S/C11H14ClN3O3/c1-8-7-9(13-14-10(8)12)17-18-11(16)15-5-3-2-4-6-15/h7H,2-6H2,1H3. The van der Waals surface area contributed by atoms with Crippen LogP contribution in [0.2, 0.25) is 5.15 Å². The van der Waals surface area contributed by atoms with Gasteiger partial charge in [-0.15, -0.1) is 10.2 Å². The molecule has 0 saturated carbocycles. The summed E-state index contributed by atoms with van der Waals surface area (Å²) in [5.41, 5.74) is 0.704. The van der Waals surface area contributed by atoms with Gasteiger partial charge in [0.05, 0.1) is 0 Å². The number of piperidine rings is 1. The molecular weight excluding hydrogens is 258 g/mol. The van der Waals surface area contributed by atoms with E-state index >= 15 is 0 Å². The Morgan fingerprint density at radius 3 is 2.72 bits per heavy atom. The highest BCUT2D eigenvalue weighted by molar-refractivity contribution is 6.30. The van der Waals surface area contributed by atoms with E-state index in [0.29, 0.717) is 23.8 Å². The maximum Gasteiger partial charge on any atom is 0.452 e. The summed E-state index contributed by atoms with van der Waals surface area (Å²) in [5.74, 6) is 0.113. The highest BCUT2D eigenvalue weighted by Gasteiger charge is 2.19. The van der Waals surface area contributed by atoms with Crippen molar-refractivity contribution in [1.82, 2.24) is 15.1 Å². The zero-order valence-electron chi connectivity index (χ0n) is 10.1. The fourth-order valence-corrected chi connectivity index (χ4v) is 1.79. The quantitative estimate of drug-likeness (QED) is 0.610. The second-order valence-corrected chi connectivity index (χ2v) is 4.49. The van der Waals surface area contributed by atoms with Gasteiger partial charge in [-0.25, -0.2) is 9.68 Å². The van der Waals surface area contributed by atoms with Crippen molar-refractivity contribution in [1.29, 1.82) is 0 Å². The Labute approximate surface area is 110 Å². The third kappa shape index (κ3) is 3.22. The van der Waals surface area contributed by atoms with Gasteiger partial charge in [0.25, 0.3) is 5.88 Å². The lowest BCUT2D eigenvalue weighted by molar-refractivity contribution is -0.158. The van der Waals surface area contributed by atoms with Crippen LogP contribution in [0.5, 0.6) is 5.88 Å². The summed E-state index contributed by atoms with van der Waals surface area (Å²) in [6.07, 6.45) is 2.64. The molecule has 18 heavy (non-hydrogen) atoms. The molecule has 0 spiro atoms. The minimum atomic E-state index is -0.496. The van der Waals surface area contributed by atoms with E-state index < -0.39 is 6.09 Å². The van der Waals surface area contributed by atoms with Crippen LogP contribution >= 0.6 is 11.6 Å². The maximum atomic E-state index is 11.6. The largest absolute Gasteiger partial charge is 0.452 e. The van der Waals surface area contributed by atoms with Crippen molar-refractivity contribution in [3.8, 4) is 5.88 Å². The summed E-state index contributed by atoms with van der Waals surface area (Å²) in [6, 6.07) is 1.55. The lowest BCUT2D eigenvalue weighted by atomic mass is 10.1. The fourth-order valence-electron chi connectivity index (χ4n) is 1.69. The van der Waals surface area contributed by atoms with Crippen molar-refractivity contribution in [3.05, 3.63) is 16.8 Å². The van der Waals surface area contributed by atoms with E-state index in [0.717, 1.165) is 19.3 Å². The first-order valence-corrected chi connectivity index (χ1v) is 6.18. The van der Waals surface area contributed by atoms with E-state index in [4.69, 9.17) is 21.4 Å². The molecule has 0 N–H and O–H groups in total. The molecule has 1 aromatic heterocycles. The molecule has 0 unspecified atom stereocenters. The van der Waals surface area contributed by atoms with E-state index in [1.165, 1.54) is 0 Å². The van der Waals surface area contributed by atoms with E-state index in [-0.39, 0.29) is 5.88 Å². The lowest BCUT2D eigenvalue weighted by Crippen LogP contribution is -2.36. The van der Waals surface area contributed by atoms with Crippen LogP contribution in [0.15, 0.2) is 6.07 Å². The average molecular weight is 272 g/mol. The molecule has 2 rings (SSSR count). The number of amides is 1. The molecule has 0 aliphatic carbocycles. The van der Waals surface area contributed by atoms with Crippen LogP contribution in [0, 0.1) is 6.92 Å². The summed E-state index contributed by atoms with van der Waals surface area (Å²) < 4.78 is 0. The van der Waals surface area contributed by atoms with Crippen LogP contribution in [-0.4, -0.2) is 34.3 Å². The molecule has 1 amide bonds. The van der Waals surface area contributed by atoms with Gasteiger partial charge in [-0.2, -0.15) is 0 Å². The number of nitrogens with zero attached hydrogens (tertiary/aromatic N) is 3. The van der Waals surface area contributed by atoms with Crippen LogP contribution in [-0.2, 0) is 4.89 Å². The van der Waals surface area contributed by atoms with Gasteiger partial charge < -0.3 is 4.90 Å². The second kappa shape index (κ2) is 5.86. The normalized spacial score (nSPS) is 15.3. The van der Waals surface area contributed by atoms with E-state index in [9.17, 15) is 4.79 Å². The SMILES string of the molecule is Cc1cc(OOC(=O)N2CCCCC2)nnc1Cl. The number of carbonyl (C=O) groups excluding carboxylic acids is 1. The molecule has 1 saturated heterocycles. The van der Waals surface area contributed by atoms with Crippen molar-refractivity contribution < 1.29 is 14.6 Å². The number of hydrogen-bond donors (Lipinski definition) is 0. The molecule has 1 aliphatic rings. The average Bonchev–Trinajstić information content (AvgIpc) is 2.41. The molecule has 0 aromatic carbocycles. The van der Waals surface area contributed by atoms with Crippen LogP contribution in [0.25, 0.3) is 0 Å². The van der Waals surface area contributed by atoms with Crippen molar-refractivity contribution in [2.24, 2.45) is 0 Å². The third-order valence-corrected chi connectivity index (χ3v) is 3.09. The molecule has 2 heterocycles. The number of carbonyl (C=O) groups is 1. The molecule has 1 aliphatic heterocycles. The van der Waals surface area contributed by atoms with Crippen LogP contribution < -0.4 is 4.89 Å². The Balaban J connectivity index is 1.86. The minimum Gasteiger partial charge on any atom is -0.305 e. The monoisotopic (exact) mass is 271 g/mol. The molecule has 1 aromatic rings. The van der Waals surface area contributed by atoms with Crippen molar-refractivity contribution in [2.45, 2.75) is 26.2 Å². The lowest BCUT2D eigenvalue weighted by Gasteiger charge is -2.24. The molecule has 0 atom stereocenters. The number of halogens is 1. The molecule has 1 fully saturated rings. The van der Waals surface area contributed by atoms with Crippen LogP contribution in [0.1, 0.15) is 24.8 Å². The number of aryl methyl sites for hydroxylation is 1. The maximum absolute atomic E-state index is 11.6. The Morgan fingerprint density at radius 1 is 1.33 bits per heavy atom. The van der Waals surface area contributed by atoms with Gasteiger partial charge in [-0.1, -0.05) is 11.6 Å². The Hall–Kier alpha value is -1.56. The number of rotatable bonds is 2. The molecule has 98 valence electrons. The first kappa shape index (κ1) is 12.9. The minimum absolute atomic E-state index is 0.113. The second-order valence-electron chi connectivity index (χ2n) is 4.14. The number of hydrogen-bond acceptors (Lipinski definition) is 5. The molecule has 0 radical (unpaired) electrons. The van der Waals surface area contributed by atoms with Gasteiger partial charge in [0.2, 0.25) is 0 Å². The van der Waals surface area contributed by atoms with Gasteiger partial charge in [-0.3, -0.25) is 4.89 Å². The van der Waals surface area contributed by atoms with Crippen LogP contribution in [0.4, 0.5) is 4.79 Å². The summed E-state index contributed by atoms with van der Waals surface area (Å²) in [6.45, 7) is 3.16. The fraction of sp³-hybridized carbons (Fsp3) is 0.545. The molecular formula is C11H14ClN3O3. The highest BCUT2D eigenvalue weighted by Crippen LogP contribution is 2.16. The summed E-state index contributed by atoms with van der Waals surface area (Å²) in [4.78, 5) is 22.8. The van der Waals surface area contributed by atoms with Crippen molar-refractivity contribution >= 4 is 17.7 Å². The van der Waals surface area contributed by atoms with Crippen molar-refractivity contribution in [3.63, 3.8) is 0 Å². The Kier molecular flexibility index (Phi) is 4.19.